The summed E-state index contributed by atoms with van der Waals surface area (Å²) in [6.45, 7) is 1.16. The van der Waals surface area contributed by atoms with E-state index >= 15 is 0 Å². The van der Waals surface area contributed by atoms with Crippen molar-refractivity contribution in [1.82, 2.24) is 20.0 Å². The molecular formula is C22H32N4O3. The lowest BCUT2D eigenvalue weighted by molar-refractivity contribution is 0.188. The minimum Gasteiger partial charge on any atom is -0.493 e. The number of nitrogens with zero attached hydrogens (tertiary/aromatic N) is 3. The van der Waals surface area contributed by atoms with Crippen LogP contribution < -0.4 is 14.8 Å². The summed E-state index contributed by atoms with van der Waals surface area (Å²) in [5.74, 6) is 1.41. The van der Waals surface area contributed by atoms with Crippen LogP contribution in [0.5, 0.6) is 11.5 Å². The SMILES string of the molecule is COc1ccc(CCN(Cc2cnn(C)c2)C(=O)NC2CCCCC2)cc1OC. The zero-order chi connectivity index (χ0) is 20.6. The lowest BCUT2D eigenvalue weighted by Gasteiger charge is -2.28. The van der Waals surface area contributed by atoms with Gasteiger partial charge in [0.05, 0.1) is 27.0 Å². The van der Waals surface area contributed by atoms with Crippen LogP contribution in [-0.4, -0.2) is 47.5 Å². The van der Waals surface area contributed by atoms with Gasteiger partial charge in [-0.3, -0.25) is 4.68 Å². The number of urea groups is 1. The van der Waals surface area contributed by atoms with Crippen LogP contribution in [0.3, 0.4) is 0 Å². The van der Waals surface area contributed by atoms with Crippen LogP contribution in [0.4, 0.5) is 4.79 Å². The predicted molar refractivity (Wildman–Crippen MR) is 112 cm³/mol. The number of amides is 2. The maximum Gasteiger partial charge on any atom is 0.317 e. The van der Waals surface area contributed by atoms with Gasteiger partial charge >= 0.3 is 6.03 Å². The molecule has 29 heavy (non-hydrogen) atoms. The molecule has 0 saturated heterocycles. The Kier molecular flexibility index (Phi) is 7.38. The van der Waals surface area contributed by atoms with Crippen molar-refractivity contribution in [3.05, 3.63) is 41.7 Å². The summed E-state index contributed by atoms with van der Waals surface area (Å²) >= 11 is 0. The van der Waals surface area contributed by atoms with Crippen LogP contribution in [0.1, 0.15) is 43.2 Å². The van der Waals surface area contributed by atoms with E-state index in [0.717, 1.165) is 30.4 Å². The second-order valence-corrected chi connectivity index (χ2v) is 7.67. The van der Waals surface area contributed by atoms with Gasteiger partial charge in [0.25, 0.3) is 0 Å². The maximum atomic E-state index is 13.0. The van der Waals surface area contributed by atoms with Gasteiger partial charge in [0.2, 0.25) is 0 Å². The van der Waals surface area contributed by atoms with Gasteiger partial charge in [0.1, 0.15) is 0 Å². The van der Waals surface area contributed by atoms with E-state index in [9.17, 15) is 4.79 Å². The number of nitrogens with one attached hydrogen (secondary N) is 1. The molecule has 2 amide bonds. The number of hydrogen-bond donors (Lipinski definition) is 1. The summed E-state index contributed by atoms with van der Waals surface area (Å²) in [5, 5.41) is 7.47. The van der Waals surface area contributed by atoms with Crippen molar-refractivity contribution >= 4 is 6.03 Å². The van der Waals surface area contributed by atoms with E-state index in [1.807, 2.05) is 42.5 Å². The van der Waals surface area contributed by atoms with Crippen LogP contribution in [-0.2, 0) is 20.0 Å². The average Bonchev–Trinajstić information content (AvgIpc) is 3.16. The molecule has 1 saturated carbocycles. The van der Waals surface area contributed by atoms with E-state index in [2.05, 4.69) is 10.4 Å². The van der Waals surface area contributed by atoms with Crippen LogP contribution >= 0.6 is 0 Å². The monoisotopic (exact) mass is 400 g/mol. The summed E-state index contributed by atoms with van der Waals surface area (Å²) in [7, 11) is 5.15. The van der Waals surface area contributed by atoms with Gasteiger partial charge in [-0.25, -0.2) is 4.79 Å². The second kappa shape index (κ2) is 10.2. The van der Waals surface area contributed by atoms with Gasteiger partial charge in [-0.15, -0.1) is 0 Å². The molecule has 1 aromatic carbocycles. The Labute approximate surface area is 173 Å². The normalized spacial score (nSPS) is 14.4. The molecule has 3 rings (SSSR count). The second-order valence-electron chi connectivity index (χ2n) is 7.67. The molecule has 0 spiro atoms. The molecule has 7 nitrogen and oxygen atoms in total. The number of methoxy groups -OCH3 is 2. The fourth-order valence-electron chi connectivity index (χ4n) is 3.84. The molecule has 0 bridgehead atoms. The largest absolute Gasteiger partial charge is 0.493 e. The van der Waals surface area contributed by atoms with E-state index in [1.54, 1.807) is 18.9 Å². The standard InChI is InChI=1S/C22H32N4O3/c1-25-15-18(14-23-25)16-26(22(27)24-19-7-5-4-6-8-19)12-11-17-9-10-20(28-2)21(13-17)29-3/h9-10,13-15,19H,4-8,11-12,16H2,1-3H3,(H,24,27). The Morgan fingerprint density at radius 3 is 2.59 bits per heavy atom. The fourth-order valence-corrected chi connectivity index (χ4v) is 3.84. The van der Waals surface area contributed by atoms with Gasteiger partial charge in [-0.2, -0.15) is 5.10 Å². The molecule has 2 aromatic rings. The van der Waals surface area contributed by atoms with E-state index in [-0.39, 0.29) is 12.1 Å². The van der Waals surface area contributed by atoms with E-state index < -0.39 is 0 Å². The van der Waals surface area contributed by atoms with E-state index in [4.69, 9.17) is 9.47 Å². The number of aromatic nitrogens is 2. The number of benzene rings is 1. The van der Waals surface area contributed by atoms with Gasteiger partial charge in [0, 0.05) is 31.4 Å². The highest BCUT2D eigenvalue weighted by molar-refractivity contribution is 5.74. The first-order valence-electron chi connectivity index (χ1n) is 10.3. The van der Waals surface area contributed by atoms with Crippen molar-refractivity contribution in [3.63, 3.8) is 0 Å². The predicted octanol–water partition coefficient (Wildman–Crippen LogP) is 3.52. The molecular weight excluding hydrogens is 368 g/mol. The van der Waals surface area contributed by atoms with E-state index in [0.29, 0.717) is 24.6 Å². The molecule has 0 atom stereocenters. The topological polar surface area (TPSA) is 68.6 Å². The number of ether oxygens (including phenoxy) is 2. The number of aryl methyl sites for hydroxylation is 1. The highest BCUT2D eigenvalue weighted by atomic mass is 16.5. The molecule has 0 radical (unpaired) electrons. The maximum absolute atomic E-state index is 13.0. The molecule has 158 valence electrons. The number of rotatable bonds is 8. The third-order valence-electron chi connectivity index (χ3n) is 5.47. The number of hydrogen-bond acceptors (Lipinski definition) is 4. The van der Waals surface area contributed by atoms with Crippen molar-refractivity contribution in [1.29, 1.82) is 0 Å². The highest BCUT2D eigenvalue weighted by Crippen LogP contribution is 2.27. The number of carbonyl (C=O) groups excluding carboxylic acids is 1. The van der Waals surface area contributed by atoms with Crippen LogP contribution in [0, 0.1) is 0 Å². The minimum atomic E-state index is 0.00114. The third kappa shape index (κ3) is 5.89. The Morgan fingerprint density at radius 1 is 1.17 bits per heavy atom. The first-order chi connectivity index (χ1) is 14.1. The van der Waals surface area contributed by atoms with Crippen molar-refractivity contribution < 1.29 is 14.3 Å². The molecule has 1 aliphatic rings. The molecule has 1 fully saturated rings. The van der Waals surface area contributed by atoms with Crippen LogP contribution in [0.2, 0.25) is 0 Å². The molecule has 0 aliphatic heterocycles. The molecule has 1 heterocycles. The molecule has 1 aromatic heterocycles. The molecule has 7 heteroatoms. The van der Waals surface area contributed by atoms with Gasteiger partial charge in [-0.05, 0) is 37.0 Å². The molecule has 1 N–H and O–H groups in total. The van der Waals surface area contributed by atoms with Crippen LogP contribution in [0.15, 0.2) is 30.6 Å². The molecule has 0 unspecified atom stereocenters. The zero-order valence-corrected chi connectivity index (χ0v) is 17.7. The fraction of sp³-hybridized carbons (Fsp3) is 0.545. The lowest BCUT2D eigenvalue weighted by Crippen LogP contribution is -2.45. The van der Waals surface area contributed by atoms with Crippen molar-refractivity contribution in [2.45, 2.75) is 51.1 Å². The Bertz CT molecular complexity index is 799. The van der Waals surface area contributed by atoms with E-state index in [1.165, 1.54) is 19.3 Å². The summed E-state index contributed by atoms with van der Waals surface area (Å²) in [6, 6.07) is 6.18. The first kappa shape index (κ1) is 21.0. The Hall–Kier alpha value is -2.70. The Morgan fingerprint density at radius 2 is 1.93 bits per heavy atom. The summed E-state index contributed by atoms with van der Waals surface area (Å²) in [5.41, 5.74) is 2.13. The van der Waals surface area contributed by atoms with Crippen LogP contribution in [0.25, 0.3) is 0 Å². The quantitative estimate of drug-likeness (QED) is 0.736. The third-order valence-corrected chi connectivity index (χ3v) is 5.47. The van der Waals surface area contributed by atoms with Gasteiger partial charge in [0.15, 0.2) is 11.5 Å². The number of carbonyl (C=O) groups is 1. The summed E-state index contributed by atoms with van der Waals surface area (Å²) in [6.07, 6.45) is 10.3. The average molecular weight is 401 g/mol. The lowest BCUT2D eigenvalue weighted by atomic mass is 9.96. The van der Waals surface area contributed by atoms with Crippen molar-refractivity contribution in [2.24, 2.45) is 7.05 Å². The smallest absolute Gasteiger partial charge is 0.317 e. The van der Waals surface area contributed by atoms with Gasteiger partial charge < -0.3 is 19.7 Å². The summed E-state index contributed by atoms with van der Waals surface area (Å²) in [4.78, 5) is 14.9. The zero-order valence-electron chi connectivity index (χ0n) is 17.7. The first-order valence-corrected chi connectivity index (χ1v) is 10.3. The minimum absolute atomic E-state index is 0.00114. The Balaban J connectivity index is 1.67. The van der Waals surface area contributed by atoms with Gasteiger partial charge in [-0.1, -0.05) is 25.3 Å². The van der Waals surface area contributed by atoms with Crippen molar-refractivity contribution in [3.8, 4) is 11.5 Å². The summed E-state index contributed by atoms with van der Waals surface area (Å²) < 4.78 is 12.5. The van der Waals surface area contributed by atoms with Crippen molar-refractivity contribution in [2.75, 3.05) is 20.8 Å². The highest BCUT2D eigenvalue weighted by Gasteiger charge is 2.20. The molecule has 1 aliphatic carbocycles.